The second kappa shape index (κ2) is 9.76. The number of carbonyl (C=O) groups is 2. The van der Waals surface area contributed by atoms with E-state index in [0.717, 1.165) is 4.70 Å². The van der Waals surface area contributed by atoms with Gasteiger partial charge in [0, 0.05) is 10.6 Å². The van der Waals surface area contributed by atoms with E-state index in [1.165, 1.54) is 35.5 Å². The van der Waals surface area contributed by atoms with Crippen LogP contribution in [0.3, 0.4) is 0 Å². The molecule has 1 amide bonds. The number of methoxy groups -OCH3 is 1. The Bertz CT molecular complexity index is 1580. The second-order valence-corrected chi connectivity index (χ2v) is 9.62. The third-order valence-corrected chi connectivity index (χ3v) is 7.18. The van der Waals surface area contributed by atoms with E-state index in [1.807, 2.05) is 6.92 Å². The highest BCUT2D eigenvalue weighted by molar-refractivity contribution is 7.22. The zero-order chi connectivity index (χ0) is 26.3. The highest BCUT2D eigenvalue weighted by atomic mass is 35.5. The molecule has 0 saturated carbocycles. The molecule has 0 spiro atoms. The maximum atomic E-state index is 13.4. The van der Waals surface area contributed by atoms with Crippen molar-refractivity contribution >= 4 is 55.7 Å². The number of Topliss-reactive ketones (excluding diaryl/α,β-unsaturated/α-hetero) is 1. The number of phenols is 1. The Labute approximate surface area is 221 Å². The number of benzene rings is 3. The number of nitrogens with zero attached hydrogens (tertiary/aromatic N) is 2. The van der Waals surface area contributed by atoms with Gasteiger partial charge in [-0.3, -0.25) is 14.5 Å². The highest BCUT2D eigenvalue weighted by Gasteiger charge is 2.48. The van der Waals surface area contributed by atoms with Crippen LogP contribution in [0.1, 0.15) is 24.1 Å². The largest absolute Gasteiger partial charge is 0.507 e. The standard InChI is InChI=1S/C27H21ClN2O6S/c1-3-36-17-6-4-5-15(11-17)24(32)22-23(14-7-10-19(31)20(12-14)35-2)30(26(34)25(22)33)27-29-18-9-8-16(28)13-21(18)37-27/h4-13,23,31-32H,3H2,1-2H3/b24-22+. The highest BCUT2D eigenvalue weighted by Crippen LogP contribution is 2.46. The molecule has 2 heterocycles. The van der Waals surface area contributed by atoms with Gasteiger partial charge in [0.15, 0.2) is 16.6 Å². The summed E-state index contributed by atoms with van der Waals surface area (Å²) in [5, 5.41) is 22.3. The lowest BCUT2D eigenvalue weighted by Gasteiger charge is -2.23. The van der Waals surface area contributed by atoms with Crippen LogP contribution in [0.25, 0.3) is 16.0 Å². The third kappa shape index (κ3) is 4.36. The molecule has 1 aliphatic heterocycles. The molecule has 10 heteroatoms. The molecule has 1 unspecified atom stereocenters. The summed E-state index contributed by atoms with van der Waals surface area (Å²) >= 11 is 7.33. The van der Waals surface area contributed by atoms with Crippen molar-refractivity contribution < 1.29 is 29.3 Å². The number of hydrogen-bond donors (Lipinski definition) is 2. The number of rotatable bonds is 6. The fourth-order valence-electron chi connectivity index (χ4n) is 4.25. The lowest BCUT2D eigenvalue weighted by molar-refractivity contribution is -0.132. The minimum Gasteiger partial charge on any atom is -0.507 e. The summed E-state index contributed by atoms with van der Waals surface area (Å²) in [6.45, 7) is 2.25. The molecule has 37 heavy (non-hydrogen) atoms. The predicted molar refractivity (Wildman–Crippen MR) is 142 cm³/mol. The van der Waals surface area contributed by atoms with E-state index >= 15 is 0 Å². The molecule has 188 valence electrons. The van der Waals surface area contributed by atoms with Crippen LogP contribution >= 0.6 is 22.9 Å². The monoisotopic (exact) mass is 536 g/mol. The molecule has 2 N–H and O–H groups in total. The van der Waals surface area contributed by atoms with E-state index in [4.69, 9.17) is 21.1 Å². The molecule has 1 fully saturated rings. The Kier molecular flexibility index (Phi) is 6.49. The summed E-state index contributed by atoms with van der Waals surface area (Å²) in [4.78, 5) is 32.7. The number of halogens is 1. The Morgan fingerprint density at radius 1 is 1.14 bits per heavy atom. The first-order valence-corrected chi connectivity index (χ1v) is 12.5. The van der Waals surface area contributed by atoms with Crippen LogP contribution in [-0.4, -0.2) is 40.6 Å². The van der Waals surface area contributed by atoms with Crippen LogP contribution in [0.15, 0.2) is 66.2 Å². The van der Waals surface area contributed by atoms with Crippen molar-refractivity contribution in [3.8, 4) is 17.2 Å². The molecule has 5 rings (SSSR count). The minimum absolute atomic E-state index is 0.109. The summed E-state index contributed by atoms with van der Waals surface area (Å²) in [7, 11) is 1.40. The molecule has 3 aromatic carbocycles. The SMILES string of the molecule is CCOc1cccc(/C(O)=C2\C(=O)C(=O)N(c3nc4ccc(Cl)cc4s3)C2c2ccc(O)c(OC)c2)c1. The van der Waals surface area contributed by atoms with Crippen molar-refractivity contribution in [3.05, 3.63) is 82.4 Å². The summed E-state index contributed by atoms with van der Waals surface area (Å²) in [6, 6.07) is 15.2. The number of ether oxygens (including phenoxy) is 2. The van der Waals surface area contributed by atoms with Gasteiger partial charge in [-0.2, -0.15) is 0 Å². The Morgan fingerprint density at radius 2 is 1.95 bits per heavy atom. The van der Waals surface area contributed by atoms with E-state index in [9.17, 15) is 19.8 Å². The fourth-order valence-corrected chi connectivity index (χ4v) is 5.52. The molecule has 0 radical (unpaired) electrons. The first-order chi connectivity index (χ1) is 17.8. The van der Waals surface area contributed by atoms with Crippen molar-refractivity contribution in [2.75, 3.05) is 18.6 Å². The van der Waals surface area contributed by atoms with Gasteiger partial charge in [0.05, 0.1) is 35.5 Å². The summed E-state index contributed by atoms with van der Waals surface area (Å²) < 4.78 is 11.5. The van der Waals surface area contributed by atoms with Crippen molar-refractivity contribution in [2.24, 2.45) is 0 Å². The van der Waals surface area contributed by atoms with Gasteiger partial charge in [-0.15, -0.1) is 0 Å². The van der Waals surface area contributed by atoms with Gasteiger partial charge in [0.2, 0.25) is 0 Å². The predicted octanol–water partition coefficient (Wildman–Crippen LogP) is 5.69. The average molecular weight is 537 g/mol. The lowest BCUT2D eigenvalue weighted by Crippen LogP contribution is -2.29. The summed E-state index contributed by atoms with van der Waals surface area (Å²) in [6.07, 6.45) is 0. The number of amides is 1. The first kappa shape index (κ1) is 24.6. The number of fused-ring (bicyclic) bond motifs is 1. The number of aliphatic hydroxyl groups excluding tert-OH is 1. The summed E-state index contributed by atoms with van der Waals surface area (Å²) in [5.74, 6) is -1.52. The molecular formula is C27H21ClN2O6S. The van der Waals surface area contributed by atoms with Crippen molar-refractivity contribution in [1.82, 2.24) is 4.98 Å². The fraction of sp³-hybridized carbons (Fsp3) is 0.148. The number of thiazole rings is 1. The van der Waals surface area contributed by atoms with Crippen LogP contribution in [0.5, 0.6) is 17.2 Å². The third-order valence-electron chi connectivity index (χ3n) is 5.93. The van der Waals surface area contributed by atoms with Crippen LogP contribution in [0.2, 0.25) is 5.02 Å². The molecule has 0 bridgehead atoms. The normalized spacial score (nSPS) is 16.9. The van der Waals surface area contributed by atoms with Crippen molar-refractivity contribution in [2.45, 2.75) is 13.0 Å². The smallest absolute Gasteiger partial charge is 0.301 e. The Morgan fingerprint density at radius 3 is 2.70 bits per heavy atom. The van der Waals surface area contributed by atoms with Crippen LogP contribution in [0.4, 0.5) is 5.13 Å². The number of phenolic OH excluding ortho intramolecular Hbond substituents is 1. The number of aliphatic hydroxyl groups is 1. The van der Waals surface area contributed by atoms with Gasteiger partial charge in [0.1, 0.15) is 11.5 Å². The Hall–Kier alpha value is -4.08. The number of anilines is 1. The van der Waals surface area contributed by atoms with E-state index in [-0.39, 0.29) is 28.0 Å². The summed E-state index contributed by atoms with van der Waals surface area (Å²) in [5.41, 5.74) is 1.24. The number of aromatic hydroxyl groups is 1. The van der Waals surface area contributed by atoms with Gasteiger partial charge >= 0.3 is 5.91 Å². The Balaban J connectivity index is 1.73. The van der Waals surface area contributed by atoms with Crippen molar-refractivity contribution in [1.29, 1.82) is 0 Å². The van der Waals surface area contributed by atoms with E-state index in [2.05, 4.69) is 4.98 Å². The number of hydrogen-bond acceptors (Lipinski definition) is 8. The zero-order valence-electron chi connectivity index (χ0n) is 19.8. The van der Waals surface area contributed by atoms with Crippen LogP contribution in [0, 0.1) is 0 Å². The van der Waals surface area contributed by atoms with Gasteiger partial charge in [0.25, 0.3) is 5.78 Å². The second-order valence-electron chi connectivity index (χ2n) is 8.17. The van der Waals surface area contributed by atoms with Crippen LogP contribution < -0.4 is 14.4 Å². The molecule has 1 aromatic heterocycles. The number of ketones is 1. The van der Waals surface area contributed by atoms with E-state index in [1.54, 1.807) is 48.5 Å². The molecule has 0 aliphatic carbocycles. The van der Waals surface area contributed by atoms with Crippen LogP contribution in [-0.2, 0) is 9.59 Å². The zero-order valence-corrected chi connectivity index (χ0v) is 21.3. The van der Waals surface area contributed by atoms with Crippen molar-refractivity contribution in [3.63, 3.8) is 0 Å². The van der Waals surface area contributed by atoms with E-state index in [0.29, 0.717) is 34.0 Å². The molecule has 1 saturated heterocycles. The number of aromatic nitrogens is 1. The number of carbonyl (C=O) groups excluding carboxylic acids is 2. The minimum atomic E-state index is -1.04. The maximum absolute atomic E-state index is 13.4. The van der Waals surface area contributed by atoms with Gasteiger partial charge in [-0.05, 0) is 55.0 Å². The quantitative estimate of drug-likeness (QED) is 0.185. The topological polar surface area (TPSA) is 109 Å². The molecule has 8 nitrogen and oxygen atoms in total. The van der Waals surface area contributed by atoms with E-state index < -0.39 is 17.7 Å². The first-order valence-electron chi connectivity index (χ1n) is 11.3. The molecule has 1 aliphatic rings. The van der Waals surface area contributed by atoms with Gasteiger partial charge in [-0.25, -0.2) is 4.98 Å². The maximum Gasteiger partial charge on any atom is 0.301 e. The average Bonchev–Trinajstić information content (AvgIpc) is 3.42. The van der Waals surface area contributed by atoms with Gasteiger partial charge < -0.3 is 19.7 Å². The van der Waals surface area contributed by atoms with Gasteiger partial charge in [-0.1, -0.05) is 41.1 Å². The molecule has 4 aromatic rings. The lowest BCUT2D eigenvalue weighted by atomic mass is 9.95. The molecular weight excluding hydrogens is 516 g/mol. The molecule has 1 atom stereocenters.